The molecule has 0 spiro atoms. The summed E-state index contributed by atoms with van der Waals surface area (Å²) < 4.78 is 24.5. The molecule has 1 rings (SSSR count). The Kier molecular flexibility index (Phi) is 6.61. The molecule has 2 nitrogen and oxygen atoms in total. The summed E-state index contributed by atoms with van der Waals surface area (Å²) in [7, 11) is 1.68. The van der Waals surface area contributed by atoms with Crippen LogP contribution < -0.4 is 0 Å². The van der Waals surface area contributed by atoms with Crippen molar-refractivity contribution in [2.24, 2.45) is 0 Å². The van der Waals surface area contributed by atoms with Crippen molar-refractivity contribution < 1.29 is 13.9 Å². The molecule has 0 radical (unpaired) electrons. The Morgan fingerprint density at radius 2 is 2.00 bits per heavy atom. The lowest BCUT2D eigenvalue weighted by atomic mass is 10.2. The molecule has 0 bridgehead atoms. The molecule has 0 aliphatic heterocycles. The molecule has 16 heavy (non-hydrogen) atoms. The topological polar surface area (TPSA) is 18.5 Å². The minimum Gasteiger partial charge on any atom is -0.385 e. The first-order valence-electron chi connectivity index (χ1n) is 5.24. The van der Waals surface area contributed by atoms with E-state index in [0.29, 0.717) is 18.8 Å². The van der Waals surface area contributed by atoms with E-state index in [4.69, 9.17) is 9.47 Å². The van der Waals surface area contributed by atoms with Crippen molar-refractivity contribution in [1.82, 2.24) is 0 Å². The van der Waals surface area contributed by atoms with Gasteiger partial charge < -0.3 is 9.47 Å². The van der Waals surface area contributed by atoms with Gasteiger partial charge in [-0.25, -0.2) is 4.39 Å². The molecule has 90 valence electrons. The standard InChI is InChI=1S/C12H16BrFO2/c1-15-6-2-3-7-16-9-10-8-11(13)4-5-12(10)14/h4-5,8H,2-3,6-7,9H2,1H3. The predicted octanol–water partition coefficient (Wildman–Crippen LogP) is 3.53. The van der Waals surface area contributed by atoms with Gasteiger partial charge >= 0.3 is 0 Å². The van der Waals surface area contributed by atoms with Crippen LogP contribution in [0.2, 0.25) is 0 Å². The van der Waals surface area contributed by atoms with Gasteiger partial charge in [-0.2, -0.15) is 0 Å². The first kappa shape index (κ1) is 13.6. The molecule has 0 fully saturated rings. The zero-order valence-electron chi connectivity index (χ0n) is 9.34. The van der Waals surface area contributed by atoms with Crippen molar-refractivity contribution in [3.63, 3.8) is 0 Å². The Morgan fingerprint density at radius 1 is 1.25 bits per heavy atom. The number of rotatable bonds is 7. The summed E-state index contributed by atoms with van der Waals surface area (Å²) in [5.41, 5.74) is 0.584. The van der Waals surface area contributed by atoms with E-state index in [1.54, 1.807) is 19.2 Å². The SMILES string of the molecule is COCCCCOCc1cc(Br)ccc1F. The fourth-order valence-electron chi connectivity index (χ4n) is 1.29. The van der Waals surface area contributed by atoms with Crippen LogP contribution in [0, 0.1) is 5.82 Å². The molecule has 0 saturated carbocycles. The monoisotopic (exact) mass is 290 g/mol. The van der Waals surface area contributed by atoms with Crippen molar-refractivity contribution >= 4 is 15.9 Å². The van der Waals surface area contributed by atoms with Crippen molar-refractivity contribution in [3.05, 3.63) is 34.1 Å². The Bertz CT molecular complexity index is 318. The summed E-state index contributed by atoms with van der Waals surface area (Å²) in [6.07, 6.45) is 1.90. The molecule has 0 aliphatic rings. The van der Waals surface area contributed by atoms with Gasteiger partial charge in [0.05, 0.1) is 6.61 Å². The highest BCUT2D eigenvalue weighted by atomic mass is 79.9. The Labute approximate surface area is 104 Å². The molecule has 0 amide bonds. The van der Waals surface area contributed by atoms with E-state index in [0.717, 1.165) is 23.9 Å². The molecule has 0 N–H and O–H groups in total. The zero-order chi connectivity index (χ0) is 11.8. The van der Waals surface area contributed by atoms with Crippen LogP contribution in [0.25, 0.3) is 0 Å². The van der Waals surface area contributed by atoms with E-state index in [1.807, 2.05) is 0 Å². The van der Waals surface area contributed by atoms with Crippen LogP contribution >= 0.6 is 15.9 Å². The fourth-order valence-corrected chi connectivity index (χ4v) is 1.70. The van der Waals surface area contributed by atoms with Crippen molar-refractivity contribution in [2.75, 3.05) is 20.3 Å². The molecule has 0 aromatic heterocycles. The Morgan fingerprint density at radius 3 is 2.75 bits per heavy atom. The third-order valence-corrected chi connectivity index (χ3v) is 2.65. The number of ether oxygens (including phenoxy) is 2. The number of unbranched alkanes of at least 4 members (excludes halogenated alkanes) is 1. The second-order valence-electron chi connectivity index (χ2n) is 3.49. The maximum Gasteiger partial charge on any atom is 0.128 e. The highest BCUT2D eigenvalue weighted by Crippen LogP contribution is 2.16. The van der Waals surface area contributed by atoms with Gasteiger partial charge in [0.1, 0.15) is 5.82 Å². The van der Waals surface area contributed by atoms with Crippen molar-refractivity contribution in [2.45, 2.75) is 19.4 Å². The molecular formula is C12H16BrFO2. The molecule has 4 heteroatoms. The zero-order valence-corrected chi connectivity index (χ0v) is 10.9. The molecule has 0 saturated heterocycles. The minimum absolute atomic E-state index is 0.222. The average molecular weight is 291 g/mol. The van der Waals surface area contributed by atoms with Gasteiger partial charge in [0.15, 0.2) is 0 Å². The summed E-state index contributed by atoms with van der Waals surface area (Å²) in [5.74, 6) is -0.222. The van der Waals surface area contributed by atoms with Gasteiger partial charge in [-0.1, -0.05) is 15.9 Å². The number of benzene rings is 1. The molecule has 0 atom stereocenters. The Hall–Kier alpha value is -0.450. The number of methoxy groups -OCH3 is 1. The molecule has 1 aromatic carbocycles. The summed E-state index contributed by atoms with van der Waals surface area (Å²) in [5, 5.41) is 0. The molecule has 0 aliphatic carbocycles. The third-order valence-electron chi connectivity index (χ3n) is 2.15. The highest BCUT2D eigenvalue weighted by Gasteiger charge is 2.02. The molecule has 1 aromatic rings. The third kappa shape index (κ3) is 5.05. The maximum atomic E-state index is 13.3. The minimum atomic E-state index is -0.222. The van der Waals surface area contributed by atoms with Crippen LogP contribution in [0.1, 0.15) is 18.4 Å². The van der Waals surface area contributed by atoms with Crippen LogP contribution in [-0.2, 0) is 16.1 Å². The normalized spacial score (nSPS) is 10.7. The first-order valence-corrected chi connectivity index (χ1v) is 6.04. The first-order chi connectivity index (χ1) is 7.74. The van der Waals surface area contributed by atoms with Gasteiger partial charge in [-0.3, -0.25) is 0 Å². The van der Waals surface area contributed by atoms with Crippen LogP contribution in [0.15, 0.2) is 22.7 Å². The number of hydrogen-bond donors (Lipinski definition) is 0. The molecule has 0 unspecified atom stereocenters. The van der Waals surface area contributed by atoms with E-state index < -0.39 is 0 Å². The summed E-state index contributed by atoms with van der Waals surface area (Å²) >= 11 is 3.30. The van der Waals surface area contributed by atoms with Gasteiger partial charge in [-0.05, 0) is 31.0 Å². The van der Waals surface area contributed by atoms with Crippen LogP contribution in [0.3, 0.4) is 0 Å². The van der Waals surface area contributed by atoms with E-state index in [9.17, 15) is 4.39 Å². The van der Waals surface area contributed by atoms with E-state index in [1.165, 1.54) is 6.07 Å². The van der Waals surface area contributed by atoms with Crippen LogP contribution in [0.4, 0.5) is 4.39 Å². The van der Waals surface area contributed by atoms with Crippen LogP contribution in [-0.4, -0.2) is 20.3 Å². The molecular weight excluding hydrogens is 275 g/mol. The van der Waals surface area contributed by atoms with Crippen LogP contribution in [0.5, 0.6) is 0 Å². The lowest BCUT2D eigenvalue weighted by molar-refractivity contribution is 0.106. The lowest BCUT2D eigenvalue weighted by Crippen LogP contribution is -1.99. The van der Waals surface area contributed by atoms with Gasteiger partial charge in [0.25, 0.3) is 0 Å². The van der Waals surface area contributed by atoms with E-state index >= 15 is 0 Å². The summed E-state index contributed by atoms with van der Waals surface area (Å²) in [4.78, 5) is 0. The maximum absolute atomic E-state index is 13.3. The number of hydrogen-bond acceptors (Lipinski definition) is 2. The molecule has 0 heterocycles. The van der Waals surface area contributed by atoms with E-state index in [2.05, 4.69) is 15.9 Å². The fraction of sp³-hybridized carbons (Fsp3) is 0.500. The predicted molar refractivity (Wildman–Crippen MR) is 64.9 cm³/mol. The largest absolute Gasteiger partial charge is 0.385 e. The van der Waals surface area contributed by atoms with Crippen molar-refractivity contribution in [3.8, 4) is 0 Å². The quantitative estimate of drug-likeness (QED) is 0.715. The summed E-state index contributed by atoms with van der Waals surface area (Å²) in [6.45, 7) is 1.70. The Balaban J connectivity index is 2.23. The second kappa shape index (κ2) is 7.76. The van der Waals surface area contributed by atoms with Crippen molar-refractivity contribution in [1.29, 1.82) is 0 Å². The highest BCUT2D eigenvalue weighted by molar-refractivity contribution is 9.10. The van der Waals surface area contributed by atoms with Gasteiger partial charge in [-0.15, -0.1) is 0 Å². The lowest BCUT2D eigenvalue weighted by Gasteiger charge is -2.06. The summed E-state index contributed by atoms with van der Waals surface area (Å²) in [6, 6.07) is 4.86. The van der Waals surface area contributed by atoms with E-state index in [-0.39, 0.29) is 5.82 Å². The average Bonchev–Trinajstić information content (AvgIpc) is 2.28. The smallest absolute Gasteiger partial charge is 0.128 e. The second-order valence-corrected chi connectivity index (χ2v) is 4.40. The number of halogens is 2. The van der Waals surface area contributed by atoms with Gasteiger partial charge in [0, 0.05) is 30.4 Å². The van der Waals surface area contributed by atoms with Gasteiger partial charge in [0.2, 0.25) is 0 Å².